The number of phenols is 1. The molecule has 2 unspecified atom stereocenters. The van der Waals surface area contributed by atoms with Crippen molar-refractivity contribution in [2.24, 2.45) is 5.92 Å². The quantitative estimate of drug-likeness (QED) is 0.293. The van der Waals surface area contributed by atoms with Gasteiger partial charge in [-0.05, 0) is 81.0 Å². The number of ether oxygens (including phenoxy) is 1. The summed E-state index contributed by atoms with van der Waals surface area (Å²) in [5.41, 5.74) is 1.31. The number of phenolic OH excluding ortho intramolecular Hbond substituents is 1. The van der Waals surface area contributed by atoms with Gasteiger partial charge in [0.05, 0.1) is 10.9 Å². The number of aromatic nitrogens is 3. The van der Waals surface area contributed by atoms with Gasteiger partial charge in [-0.25, -0.2) is 4.39 Å². The third-order valence-electron chi connectivity index (χ3n) is 11.3. The Bertz CT molecular complexity index is 1880. The summed E-state index contributed by atoms with van der Waals surface area (Å²) in [6, 6.07) is 10.3. The molecule has 5 fully saturated rings. The van der Waals surface area contributed by atoms with Gasteiger partial charge in [-0.1, -0.05) is 24.5 Å². The molecule has 4 saturated heterocycles. The van der Waals surface area contributed by atoms with Crippen LogP contribution in [0.15, 0.2) is 36.5 Å². The molecule has 8 nitrogen and oxygen atoms in total. The molecule has 0 radical (unpaired) electrons. The third kappa shape index (κ3) is 4.29. The molecule has 4 aromatic rings. The van der Waals surface area contributed by atoms with E-state index in [0.717, 1.165) is 51.2 Å². The smallest absolute Gasteiger partial charge is 0.319 e. The second kappa shape index (κ2) is 10.3. The number of aromatic hydroxyl groups is 1. The number of pyridine rings is 1. The summed E-state index contributed by atoms with van der Waals surface area (Å²) in [5.74, 6) is 3.56. The lowest BCUT2D eigenvalue weighted by Gasteiger charge is -2.35. The largest absolute Gasteiger partial charge is 0.508 e. The van der Waals surface area contributed by atoms with Gasteiger partial charge >= 0.3 is 6.01 Å². The molecule has 230 valence electrons. The summed E-state index contributed by atoms with van der Waals surface area (Å²) < 4.78 is 23.4. The van der Waals surface area contributed by atoms with Gasteiger partial charge in [-0.2, -0.15) is 9.97 Å². The van der Waals surface area contributed by atoms with Crippen LogP contribution in [0.2, 0.25) is 0 Å². The van der Waals surface area contributed by atoms with E-state index in [1.54, 1.807) is 12.3 Å². The molecule has 4 aliphatic heterocycles. The first kappa shape index (κ1) is 27.3. The molecule has 2 N–H and O–H groups in total. The van der Waals surface area contributed by atoms with Gasteiger partial charge < -0.3 is 20.1 Å². The van der Waals surface area contributed by atoms with Gasteiger partial charge in [-0.15, -0.1) is 6.42 Å². The number of rotatable bonds is 5. The first-order valence-corrected chi connectivity index (χ1v) is 16.5. The summed E-state index contributed by atoms with van der Waals surface area (Å²) in [4.78, 5) is 19.3. The van der Waals surface area contributed by atoms with Crippen molar-refractivity contribution in [3.8, 4) is 35.4 Å². The molecule has 2 aromatic carbocycles. The number of benzene rings is 2. The molecular formula is C36H37FN6O2. The second-order valence-electron chi connectivity index (χ2n) is 13.9. The molecule has 6 heterocycles. The van der Waals surface area contributed by atoms with Crippen LogP contribution in [-0.4, -0.2) is 74.9 Å². The van der Waals surface area contributed by atoms with Crippen LogP contribution in [0.3, 0.4) is 0 Å². The van der Waals surface area contributed by atoms with E-state index in [2.05, 4.69) is 26.0 Å². The van der Waals surface area contributed by atoms with E-state index in [0.29, 0.717) is 57.8 Å². The van der Waals surface area contributed by atoms with Crippen molar-refractivity contribution in [1.29, 1.82) is 0 Å². The first-order valence-electron chi connectivity index (χ1n) is 16.5. The average Bonchev–Trinajstić information content (AvgIpc) is 3.81. The number of nitrogens with one attached hydrogen (secondary N) is 1. The minimum Gasteiger partial charge on any atom is -0.508 e. The third-order valence-corrected chi connectivity index (χ3v) is 11.3. The van der Waals surface area contributed by atoms with Crippen LogP contribution in [0.1, 0.15) is 56.9 Å². The lowest BCUT2D eigenvalue weighted by atomic mass is 9.90. The fourth-order valence-corrected chi connectivity index (χ4v) is 9.47. The molecule has 0 spiro atoms. The van der Waals surface area contributed by atoms with Crippen LogP contribution < -0.4 is 15.0 Å². The Balaban J connectivity index is 1.16. The Morgan fingerprint density at radius 1 is 1.11 bits per heavy atom. The standard InChI is InChI=1S/C36H37FN6O2/c1-2-21-6-3-7-22-14-26(44)15-27(30(21)22)32-31(37)33-28(17-38-32)34(42-18-24-10-11-25(19-42)39-24)41-35(40-33)45-20-36-12-5-13-43(36)29-9-4-8-23(29)16-36/h1,3,6-7,14-15,17,23-25,29,39,44H,4-5,8-13,16,18-20H2/t23-,24?,25?,29-,36-/m1/s1. The number of hydrogen-bond acceptors (Lipinski definition) is 8. The second-order valence-corrected chi connectivity index (χ2v) is 13.9. The highest BCUT2D eigenvalue weighted by Gasteiger charge is 2.55. The highest BCUT2D eigenvalue weighted by molar-refractivity contribution is 6.02. The molecule has 5 aliphatic rings. The molecule has 1 saturated carbocycles. The van der Waals surface area contributed by atoms with Crippen LogP contribution in [0.4, 0.5) is 10.2 Å². The summed E-state index contributed by atoms with van der Waals surface area (Å²) in [5, 5.41) is 16.2. The SMILES string of the molecule is C#Cc1cccc2cc(O)cc(-c3ncc4c(N5CC6CCC(C5)N6)nc(OC[C@]56CCCN5[C@@H]5CCC[C@@H]5C6)nc4c3F)c12. The topological polar surface area (TPSA) is 86.6 Å². The van der Waals surface area contributed by atoms with E-state index in [1.807, 2.05) is 18.2 Å². The molecule has 2 bridgehead atoms. The molecule has 45 heavy (non-hydrogen) atoms. The number of halogens is 1. The zero-order valence-electron chi connectivity index (χ0n) is 25.3. The van der Waals surface area contributed by atoms with Crippen molar-refractivity contribution in [2.75, 3.05) is 31.1 Å². The fraction of sp³-hybridized carbons (Fsp3) is 0.472. The highest BCUT2D eigenvalue weighted by atomic mass is 19.1. The van der Waals surface area contributed by atoms with Crippen LogP contribution in [-0.2, 0) is 0 Å². The summed E-state index contributed by atoms with van der Waals surface area (Å²) in [7, 11) is 0. The van der Waals surface area contributed by atoms with Crippen molar-refractivity contribution in [1.82, 2.24) is 25.2 Å². The molecule has 5 atom stereocenters. The molecule has 9 heteroatoms. The number of fused-ring (bicyclic) bond motifs is 7. The van der Waals surface area contributed by atoms with Crippen LogP contribution in [0.25, 0.3) is 32.9 Å². The monoisotopic (exact) mass is 604 g/mol. The maximum Gasteiger partial charge on any atom is 0.319 e. The van der Waals surface area contributed by atoms with E-state index in [9.17, 15) is 5.11 Å². The lowest BCUT2D eigenvalue weighted by Crippen LogP contribution is -2.51. The Kier molecular flexibility index (Phi) is 6.23. The van der Waals surface area contributed by atoms with Crippen molar-refractivity contribution in [3.05, 3.63) is 47.9 Å². The number of terminal acetylenes is 1. The molecule has 1 aliphatic carbocycles. The van der Waals surface area contributed by atoms with Crippen LogP contribution >= 0.6 is 0 Å². The van der Waals surface area contributed by atoms with Gasteiger partial charge in [0, 0.05) is 53.9 Å². The van der Waals surface area contributed by atoms with E-state index >= 15 is 4.39 Å². The van der Waals surface area contributed by atoms with Crippen LogP contribution in [0.5, 0.6) is 11.8 Å². The Labute approximate surface area is 262 Å². The summed E-state index contributed by atoms with van der Waals surface area (Å²) in [6.45, 7) is 3.21. The van der Waals surface area contributed by atoms with Crippen molar-refractivity contribution in [3.63, 3.8) is 0 Å². The van der Waals surface area contributed by atoms with Gasteiger partial charge in [0.25, 0.3) is 0 Å². The normalized spacial score (nSPS) is 28.9. The number of hydrogen-bond donors (Lipinski definition) is 2. The lowest BCUT2D eigenvalue weighted by molar-refractivity contribution is 0.0832. The number of nitrogens with zero attached hydrogens (tertiary/aromatic N) is 5. The predicted octanol–water partition coefficient (Wildman–Crippen LogP) is 5.40. The number of anilines is 1. The van der Waals surface area contributed by atoms with Crippen molar-refractivity contribution < 1.29 is 14.2 Å². The van der Waals surface area contributed by atoms with Crippen molar-refractivity contribution in [2.45, 2.75) is 75.0 Å². The maximum atomic E-state index is 16.9. The van der Waals surface area contributed by atoms with E-state index < -0.39 is 5.82 Å². The fourth-order valence-electron chi connectivity index (χ4n) is 9.47. The Morgan fingerprint density at radius 3 is 2.82 bits per heavy atom. The summed E-state index contributed by atoms with van der Waals surface area (Å²) >= 11 is 0. The van der Waals surface area contributed by atoms with Gasteiger partial charge in [-0.3, -0.25) is 9.88 Å². The molecular weight excluding hydrogens is 567 g/mol. The highest BCUT2D eigenvalue weighted by Crippen LogP contribution is 2.51. The molecule has 2 aromatic heterocycles. The Hall–Kier alpha value is -4.00. The van der Waals surface area contributed by atoms with E-state index in [1.165, 1.54) is 31.7 Å². The summed E-state index contributed by atoms with van der Waals surface area (Å²) in [6.07, 6.45) is 17.1. The zero-order valence-corrected chi connectivity index (χ0v) is 25.3. The Morgan fingerprint density at radius 2 is 1.98 bits per heavy atom. The minimum absolute atomic E-state index is 0.0104. The average molecular weight is 605 g/mol. The van der Waals surface area contributed by atoms with Crippen molar-refractivity contribution >= 4 is 27.5 Å². The zero-order chi connectivity index (χ0) is 30.3. The molecule has 0 amide bonds. The first-order chi connectivity index (χ1) is 22.0. The maximum absolute atomic E-state index is 16.9. The van der Waals surface area contributed by atoms with Gasteiger partial charge in [0.1, 0.15) is 29.4 Å². The predicted molar refractivity (Wildman–Crippen MR) is 172 cm³/mol. The number of piperazine rings is 1. The van der Waals surface area contributed by atoms with Gasteiger partial charge in [0.15, 0.2) is 5.82 Å². The van der Waals surface area contributed by atoms with Crippen LogP contribution in [0, 0.1) is 24.1 Å². The minimum atomic E-state index is -0.575. The molecule has 9 rings (SSSR count). The van der Waals surface area contributed by atoms with Gasteiger partial charge in [0.2, 0.25) is 0 Å². The van der Waals surface area contributed by atoms with E-state index in [4.69, 9.17) is 21.1 Å². The van der Waals surface area contributed by atoms with E-state index in [-0.39, 0.29) is 28.5 Å².